The summed E-state index contributed by atoms with van der Waals surface area (Å²) in [6.07, 6.45) is 10.9. The van der Waals surface area contributed by atoms with Crippen LogP contribution in [0.5, 0.6) is 0 Å². The average Bonchev–Trinajstić information content (AvgIpc) is 2.39. The zero-order chi connectivity index (χ0) is 11.9. The predicted octanol–water partition coefficient (Wildman–Crippen LogP) is 3.55. The van der Waals surface area contributed by atoms with E-state index in [1.54, 1.807) is 6.20 Å². The molecule has 1 aromatic heterocycles. The smallest absolute Gasteiger partial charge is 0.138 e. The van der Waals surface area contributed by atoms with Crippen LogP contribution in [-0.2, 0) is 11.2 Å². The molecule has 92 valence electrons. The van der Waals surface area contributed by atoms with Crippen LogP contribution >= 0.6 is 0 Å². The second-order valence-electron chi connectivity index (χ2n) is 5.08. The van der Waals surface area contributed by atoms with Crippen molar-refractivity contribution in [1.82, 2.24) is 4.98 Å². The molecule has 0 unspecified atom stereocenters. The third-order valence-electron chi connectivity index (χ3n) is 3.66. The standard InChI is InChI=1S/C15H21NO/c17-15(12-14-8-4-5-11-16-14)10-9-13-6-2-1-3-7-13/h4-5,8,11,13H,1-3,6-7,9-10,12H2. The number of hydrogen-bond acceptors (Lipinski definition) is 2. The number of nitrogens with zero attached hydrogens (tertiary/aromatic N) is 1. The van der Waals surface area contributed by atoms with Crippen molar-refractivity contribution in [2.24, 2.45) is 5.92 Å². The molecule has 0 atom stereocenters. The molecule has 0 spiro atoms. The maximum atomic E-state index is 11.8. The van der Waals surface area contributed by atoms with Crippen LogP contribution in [0, 0.1) is 5.92 Å². The van der Waals surface area contributed by atoms with Gasteiger partial charge in [0.05, 0.1) is 0 Å². The van der Waals surface area contributed by atoms with Crippen molar-refractivity contribution in [2.75, 3.05) is 0 Å². The molecule has 2 rings (SSSR count). The van der Waals surface area contributed by atoms with Gasteiger partial charge < -0.3 is 0 Å². The number of carbonyl (C=O) groups is 1. The van der Waals surface area contributed by atoms with Crippen molar-refractivity contribution in [3.05, 3.63) is 30.1 Å². The highest BCUT2D eigenvalue weighted by molar-refractivity contribution is 5.80. The van der Waals surface area contributed by atoms with Gasteiger partial charge in [-0.15, -0.1) is 0 Å². The number of aromatic nitrogens is 1. The van der Waals surface area contributed by atoms with Crippen LogP contribution in [0.4, 0.5) is 0 Å². The molecule has 1 aliphatic carbocycles. The summed E-state index contributed by atoms with van der Waals surface area (Å²) in [4.78, 5) is 16.0. The van der Waals surface area contributed by atoms with Gasteiger partial charge in [-0.2, -0.15) is 0 Å². The van der Waals surface area contributed by atoms with Crippen molar-refractivity contribution in [1.29, 1.82) is 0 Å². The fourth-order valence-electron chi connectivity index (χ4n) is 2.63. The summed E-state index contributed by atoms with van der Waals surface area (Å²) >= 11 is 0. The molecule has 0 aliphatic heterocycles. The maximum absolute atomic E-state index is 11.8. The Hall–Kier alpha value is -1.18. The van der Waals surface area contributed by atoms with Crippen molar-refractivity contribution >= 4 is 5.78 Å². The second kappa shape index (κ2) is 6.53. The number of hydrogen-bond donors (Lipinski definition) is 0. The molecule has 17 heavy (non-hydrogen) atoms. The van der Waals surface area contributed by atoms with Gasteiger partial charge in [0.15, 0.2) is 0 Å². The van der Waals surface area contributed by atoms with Crippen LogP contribution in [0.15, 0.2) is 24.4 Å². The molecule has 1 fully saturated rings. The minimum Gasteiger partial charge on any atom is -0.299 e. The number of carbonyl (C=O) groups excluding carboxylic acids is 1. The Morgan fingerprint density at radius 1 is 1.24 bits per heavy atom. The molecule has 2 heteroatoms. The second-order valence-corrected chi connectivity index (χ2v) is 5.08. The van der Waals surface area contributed by atoms with E-state index in [0.29, 0.717) is 12.2 Å². The summed E-state index contributed by atoms with van der Waals surface area (Å²) in [6, 6.07) is 5.76. The number of ketones is 1. The van der Waals surface area contributed by atoms with Crippen molar-refractivity contribution in [2.45, 2.75) is 51.4 Å². The lowest BCUT2D eigenvalue weighted by Gasteiger charge is -2.20. The van der Waals surface area contributed by atoms with Crippen molar-refractivity contribution < 1.29 is 4.79 Å². The third-order valence-corrected chi connectivity index (χ3v) is 3.66. The minimum absolute atomic E-state index is 0.342. The quantitative estimate of drug-likeness (QED) is 0.775. The summed E-state index contributed by atoms with van der Waals surface area (Å²) in [5.41, 5.74) is 0.904. The maximum Gasteiger partial charge on any atom is 0.138 e. The molecular formula is C15H21NO. The van der Waals surface area contributed by atoms with Crippen LogP contribution in [0.2, 0.25) is 0 Å². The highest BCUT2D eigenvalue weighted by Gasteiger charge is 2.14. The van der Waals surface area contributed by atoms with E-state index in [0.717, 1.165) is 24.5 Å². The fourth-order valence-corrected chi connectivity index (χ4v) is 2.63. The first-order valence-electron chi connectivity index (χ1n) is 6.76. The third kappa shape index (κ3) is 4.29. The van der Waals surface area contributed by atoms with Gasteiger partial charge >= 0.3 is 0 Å². The molecule has 0 saturated heterocycles. The summed E-state index contributed by atoms with van der Waals surface area (Å²) < 4.78 is 0. The minimum atomic E-state index is 0.342. The Bertz CT molecular complexity index is 341. The topological polar surface area (TPSA) is 30.0 Å². The SMILES string of the molecule is O=C(CCC1CCCCC1)Cc1ccccn1. The molecule has 1 aliphatic rings. The van der Waals surface area contributed by atoms with Crippen LogP contribution < -0.4 is 0 Å². The number of rotatable bonds is 5. The normalized spacial score (nSPS) is 16.9. The molecule has 0 N–H and O–H groups in total. The summed E-state index contributed by atoms with van der Waals surface area (Å²) in [5.74, 6) is 1.14. The molecule has 0 bridgehead atoms. The van der Waals surface area contributed by atoms with Crippen LogP contribution in [0.1, 0.15) is 50.6 Å². The Balaban J connectivity index is 1.70. The first kappa shape index (κ1) is 12.3. The highest BCUT2D eigenvalue weighted by Crippen LogP contribution is 2.27. The van der Waals surface area contributed by atoms with E-state index >= 15 is 0 Å². The lowest BCUT2D eigenvalue weighted by molar-refractivity contribution is -0.118. The van der Waals surface area contributed by atoms with Crippen LogP contribution in [0.25, 0.3) is 0 Å². The van der Waals surface area contributed by atoms with Gasteiger partial charge in [-0.25, -0.2) is 0 Å². The first-order chi connectivity index (χ1) is 8.34. The first-order valence-corrected chi connectivity index (χ1v) is 6.76. The molecular weight excluding hydrogens is 210 g/mol. The zero-order valence-electron chi connectivity index (χ0n) is 10.4. The van der Waals surface area contributed by atoms with E-state index in [2.05, 4.69) is 4.98 Å². The fraction of sp³-hybridized carbons (Fsp3) is 0.600. The van der Waals surface area contributed by atoms with E-state index in [1.807, 2.05) is 18.2 Å². The Morgan fingerprint density at radius 3 is 2.76 bits per heavy atom. The lowest BCUT2D eigenvalue weighted by atomic mass is 9.85. The molecule has 1 saturated carbocycles. The molecule has 0 amide bonds. The van der Waals surface area contributed by atoms with Crippen LogP contribution in [-0.4, -0.2) is 10.8 Å². The lowest BCUT2D eigenvalue weighted by Crippen LogP contribution is -2.10. The van der Waals surface area contributed by atoms with Gasteiger partial charge in [0.2, 0.25) is 0 Å². The molecule has 1 aromatic rings. The summed E-state index contributed by atoms with van der Waals surface area (Å²) in [6.45, 7) is 0. The Labute approximate surface area is 103 Å². The van der Waals surface area contributed by atoms with E-state index in [9.17, 15) is 4.79 Å². The highest BCUT2D eigenvalue weighted by atomic mass is 16.1. The summed E-state index contributed by atoms with van der Waals surface area (Å²) in [7, 11) is 0. The molecule has 0 radical (unpaired) electrons. The van der Waals surface area contributed by atoms with Gasteiger partial charge in [-0.3, -0.25) is 9.78 Å². The van der Waals surface area contributed by atoms with Gasteiger partial charge in [0.25, 0.3) is 0 Å². The van der Waals surface area contributed by atoms with E-state index in [-0.39, 0.29) is 0 Å². The Kier molecular flexibility index (Phi) is 4.72. The monoisotopic (exact) mass is 231 g/mol. The number of pyridine rings is 1. The van der Waals surface area contributed by atoms with Gasteiger partial charge in [-0.1, -0.05) is 38.2 Å². The largest absolute Gasteiger partial charge is 0.299 e. The van der Waals surface area contributed by atoms with Gasteiger partial charge in [0.1, 0.15) is 5.78 Å². The predicted molar refractivity (Wildman–Crippen MR) is 68.8 cm³/mol. The zero-order valence-corrected chi connectivity index (χ0v) is 10.4. The average molecular weight is 231 g/mol. The van der Waals surface area contributed by atoms with Crippen molar-refractivity contribution in [3.63, 3.8) is 0 Å². The molecule has 0 aromatic carbocycles. The van der Waals surface area contributed by atoms with Crippen molar-refractivity contribution in [3.8, 4) is 0 Å². The summed E-state index contributed by atoms with van der Waals surface area (Å²) in [5, 5.41) is 0. The molecule has 1 heterocycles. The van der Waals surface area contributed by atoms with Crippen LogP contribution in [0.3, 0.4) is 0 Å². The van der Waals surface area contributed by atoms with Gasteiger partial charge in [-0.05, 0) is 24.5 Å². The van der Waals surface area contributed by atoms with E-state index in [4.69, 9.17) is 0 Å². The Morgan fingerprint density at radius 2 is 2.06 bits per heavy atom. The van der Waals surface area contributed by atoms with Gasteiger partial charge in [0, 0.05) is 24.7 Å². The van der Waals surface area contributed by atoms with E-state index < -0.39 is 0 Å². The molecule has 2 nitrogen and oxygen atoms in total. The number of Topliss-reactive ketones (excluding diaryl/α,β-unsaturated/α-hetero) is 1. The van der Waals surface area contributed by atoms with E-state index in [1.165, 1.54) is 32.1 Å².